The van der Waals surface area contributed by atoms with E-state index >= 15 is 0 Å². The summed E-state index contributed by atoms with van der Waals surface area (Å²) in [5, 5.41) is 2.91. The van der Waals surface area contributed by atoms with Crippen LogP contribution in [-0.2, 0) is 9.59 Å². The molecule has 0 radical (unpaired) electrons. The first kappa shape index (κ1) is 12.0. The second-order valence-electron chi connectivity index (χ2n) is 4.44. The van der Waals surface area contributed by atoms with Crippen LogP contribution in [0, 0.1) is 5.92 Å². The van der Waals surface area contributed by atoms with Crippen molar-refractivity contribution in [3.63, 3.8) is 0 Å². The van der Waals surface area contributed by atoms with E-state index in [2.05, 4.69) is 5.32 Å². The molecule has 0 aromatic carbocycles. The average Bonchev–Trinajstić information content (AvgIpc) is 2.17. The van der Waals surface area contributed by atoms with Crippen LogP contribution in [0.5, 0.6) is 0 Å². The smallest absolute Gasteiger partial charge is 0.223 e. The third-order valence-corrected chi connectivity index (χ3v) is 2.74. The van der Waals surface area contributed by atoms with E-state index in [4.69, 9.17) is 0 Å². The Kier molecular flexibility index (Phi) is 4.12. The molecule has 0 aliphatic carbocycles. The van der Waals surface area contributed by atoms with Crippen molar-refractivity contribution >= 4 is 11.8 Å². The summed E-state index contributed by atoms with van der Waals surface area (Å²) in [6.07, 6.45) is 1.58. The van der Waals surface area contributed by atoms with Gasteiger partial charge in [0.2, 0.25) is 11.8 Å². The first-order valence-electron chi connectivity index (χ1n) is 5.56. The number of nitrogens with one attached hydrogen (secondary N) is 1. The number of piperidine rings is 1. The standard InChI is InChI=1S/C11H20N2O2/c1-8(2)12-11(15)10-4-6-13(7-5-10)9(3)14/h8,10H,4-7H2,1-3H3,(H,12,15). The van der Waals surface area contributed by atoms with Crippen LogP contribution in [-0.4, -0.2) is 35.8 Å². The maximum atomic E-state index is 11.7. The quantitative estimate of drug-likeness (QED) is 0.735. The highest BCUT2D eigenvalue weighted by molar-refractivity contribution is 5.79. The summed E-state index contributed by atoms with van der Waals surface area (Å²) < 4.78 is 0. The van der Waals surface area contributed by atoms with E-state index in [9.17, 15) is 9.59 Å². The van der Waals surface area contributed by atoms with Gasteiger partial charge in [-0.05, 0) is 26.7 Å². The Labute approximate surface area is 91.0 Å². The molecule has 86 valence electrons. The summed E-state index contributed by atoms with van der Waals surface area (Å²) in [4.78, 5) is 24.6. The predicted octanol–water partition coefficient (Wildman–Crippen LogP) is 0.769. The Morgan fingerprint density at radius 2 is 1.80 bits per heavy atom. The van der Waals surface area contributed by atoms with Gasteiger partial charge >= 0.3 is 0 Å². The van der Waals surface area contributed by atoms with Crippen molar-refractivity contribution in [1.82, 2.24) is 10.2 Å². The van der Waals surface area contributed by atoms with Gasteiger partial charge in [0.15, 0.2) is 0 Å². The van der Waals surface area contributed by atoms with E-state index in [1.165, 1.54) is 0 Å². The Morgan fingerprint density at radius 3 is 2.20 bits per heavy atom. The monoisotopic (exact) mass is 212 g/mol. The zero-order chi connectivity index (χ0) is 11.4. The molecule has 0 spiro atoms. The van der Waals surface area contributed by atoms with Gasteiger partial charge in [0.25, 0.3) is 0 Å². The lowest BCUT2D eigenvalue weighted by atomic mass is 9.95. The SMILES string of the molecule is CC(=O)N1CCC(C(=O)NC(C)C)CC1. The van der Waals surface area contributed by atoms with E-state index in [0.29, 0.717) is 13.1 Å². The molecule has 0 atom stereocenters. The predicted molar refractivity (Wildman–Crippen MR) is 58.3 cm³/mol. The molecule has 0 aromatic heterocycles. The van der Waals surface area contributed by atoms with Crippen LogP contribution in [0.4, 0.5) is 0 Å². The molecule has 1 fully saturated rings. The van der Waals surface area contributed by atoms with Crippen molar-refractivity contribution in [3.8, 4) is 0 Å². The molecule has 0 aromatic rings. The van der Waals surface area contributed by atoms with Crippen molar-refractivity contribution in [2.75, 3.05) is 13.1 Å². The molecule has 0 bridgehead atoms. The summed E-state index contributed by atoms with van der Waals surface area (Å²) in [6.45, 7) is 6.93. The highest BCUT2D eigenvalue weighted by Crippen LogP contribution is 2.17. The van der Waals surface area contributed by atoms with Crippen LogP contribution in [0.3, 0.4) is 0 Å². The summed E-state index contributed by atoms with van der Waals surface area (Å²) in [5.74, 6) is 0.328. The number of hydrogen-bond acceptors (Lipinski definition) is 2. The van der Waals surface area contributed by atoms with Gasteiger partial charge < -0.3 is 10.2 Å². The van der Waals surface area contributed by atoms with Crippen molar-refractivity contribution in [2.45, 2.75) is 39.7 Å². The molecule has 0 saturated carbocycles. The number of rotatable bonds is 2. The lowest BCUT2D eigenvalue weighted by molar-refractivity contribution is -0.134. The fourth-order valence-electron chi connectivity index (χ4n) is 1.86. The van der Waals surface area contributed by atoms with Gasteiger partial charge in [-0.3, -0.25) is 9.59 Å². The molecule has 15 heavy (non-hydrogen) atoms. The van der Waals surface area contributed by atoms with Gasteiger partial charge in [-0.2, -0.15) is 0 Å². The zero-order valence-electron chi connectivity index (χ0n) is 9.75. The molecular formula is C11H20N2O2. The van der Waals surface area contributed by atoms with Crippen molar-refractivity contribution < 1.29 is 9.59 Å². The molecule has 4 nitrogen and oxygen atoms in total. The first-order chi connectivity index (χ1) is 7.00. The van der Waals surface area contributed by atoms with Crippen molar-refractivity contribution in [3.05, 3.63) is 0 Å². The van der Waals surface area contributed by atoms with Gasteiger partial charge in [-0.15, -0.1) is 0 Å². The molecule has 0 unspecified atom stereocenters. The van der Waals surface area contributed by atoms with Gasteiger partial charge in [-0.25, -0.2) is 0 Å². The minimum absolute atomic E-state index is 0.0861. The van der Waals surface area contributed by atoms with Gasteiger partial charge in [0.05, 0.1) is 0 Å². The number of nitrogens with zero attached hydrogens (tertiary/aromatic N) is 1. The summed E-state index contributed by atoms with van der Waals surface area (Å²) >= 11 is 0. The molecular weight excluding hydrogens is 192 g/mol. The van der Waals surface area contributed by atoms with E-state index in [1.807, 2.05) is 13.8 Å². The molecule has 1 rings (SSSR count). The van der Waals surface area contributed by atoms with Gasteiger partial charge in [-0.1, -0.05) is 0 Å². The Morgan fingerprint density at radius 1 is 1.27 bits per heavy atom. The fraction of sp³-hybridized carbons (Fsp3) is 0.818. The van der Waals surface area contributed by atoms with E-state index in [-0.39, 0.29) is 23.8 Å². The molecule has 2 amide bonds. The van der Waals surface area contributed by atoms with Crippen LogP contribution in [0.25, 0.3) is 0 Å². The molecule has 1 saturated heterocycles. The molecule has 1 aliphatic heterocycles. The number of hydrogen-bond donors (Lipinski definition) is 1. The highest BCUT2D eigenvalue weighted by atomic mass is 16.2. The summed E-state index contributed by atoms with van der Waals surface area (Å²) in [7, 11) is 0. The molecule has 4 heteroatoms. The van der Waals surface area contributed by atoms with Crippen LogP contribution in [0.2, 0.25) is 0 Å². The Balaban J connectivity index is 2.37. The molecule has 1 heterocycles. The van der Waals surface area contributed by atoms with Crippen LogP contribution in [0.15, 0.2) is 0 Å². The van der Waals surface area contributed by atoms with Gasteiger partial charge in [0.1, 0.15) is 0 Å². The first-order valence-corrected chi connectivity index (χ1v) is 5.56. The van der Waals surface area contributed by atoms with E-state index in [1.54, 1.807) is 11.8 Å². The van der Waals surface area contributed by atoms with Gasteiger partial charge in [0, 0.05) is 32.0 Å². The number of likely N-dealkylation sites (tertiary alicyclic amines) is 1. The van der Waals surface area contributed by atoms with Crippen molar-refractivity contribution in [2.24, 2.45) is 5.92 Å². The van der Waals surface area contributed by atoms with Crippen LogP contribution in [0.1, 0.15) is 33.6 Å². The van der Waals surface area contributed by atoms with Crippen LogP contribution < -0.4 is 5.32 Å². The largest absolute Gasteiger partial charge is 0.354 e. The maximum Gasteiger partial charge on any atom is 0.223 e. The number of amides is 2. The van der Waals surface area contributed by atoms with Crippen molar-refractivity contribution in [1.29, 1.82) is 0 Å². The second-order valence-corrected chi connectivity index (χ2v) is 4.44. The number of carbonyl (C=O) groups is 2. The zero-order valence-corrected chi connectivity index (χ0v) is 9.75. The highest BCUT2D eigenvalue weighted by Gasteiger charge is 2.25. The lowest BCUT2D eigenvalue weighted by Gasteiger charge is -2.30. The molecule has 1 aliphatic rings. The molecule has 1 N–H and O–H groups in total. The third kappa shape index (κ3) is 3.53. The normalized spacial score (nSPS) is 18.0. The van der Waals surface area contributed by atoms with E-state index in [0.717, 1.165) is 12.8 Å². The Hall–Kier alpha value is -1.06. The second kappa shape index (κ2) is 5.14. The third-order valence-electron chi connectivity index (χ3n) is 2.74. The minimum atomic E-state index is 0.0861. The minimum Gasteiger partial charge on any atom is -0.354 e. The lowest BCUT2D eigenvalue weighted by Crippen LogP contribution is -2.43. The fourth-order valence-corrected chi connectivity index (χ4v) is 1.86. The van der Waals surface area contributed by atoms with E-state index < -0.39 is 0 Å². The maximum absolute atomic E-state index is 11.7. The summed E-state index contributed by atoms with van der Waals surface area (Å²) in [5.41, 5.74) is 0. The average molecular weight is 212 g/mol. The summed E-state index contributed by atoms with van der Waals surface area (Å²) in [6, 6.07) is 0.198. The topological polar surface area (TPSA) is 49.4 Å². The number of carbonyl (C=O) groups excluding carboxylic acids is 2. The van der Waals surface area contributed by atoms with Crippen LogP contribution >= 0.6 is 0 Å². The Bertz CT molecular complexity index is 243.